The number of methoxy groups -OCH3 is 1. The smallest absolute Gasteiger partial charge is 0.291 e. The van der Waals surface area contributed by atoms with Gasteiger partial charge in [-0.1, -0.05) is 11.6 Å². The number of quaternary nitrogens is 1. The summed E-state index contributed by atoms with van der Waals surface area (Å²) in [7, 11) is 1.54. The first-order chi connectivity index (χ1) is 12.3. The number of nitrogens with two attached hydrogens (primary N) is 1. The molecule has 0 aliphatic carbocycles. The van der Waals surface area contributed by atoms with Crippen LogP contribution in [0.4, 0.5) is 5.69 Å². The monoisotopic (exact) mass is 358 g/mol. The Labute approximate surface area is 152 Å². The molecule has 0 radical (unpaired) electrons. The molecule has 0 bridgehead atoms. The van der Waals surface area contributed by atoms with Gasteiger partial charge in [0.15, 0.2) is 0 Å². The number of likely N-dealkylation sites (tertiary alicyclic amines) is 1. The number of amides is 3. The van der Waals surface area contributed by atoms with Gasteiger partial charge < -0.3 is 15.4 Å². The molecule has 3 aliphatic heterocycles. The quantitative estimate of drug-likeness (QED) is 0.724. The Kier molecular flexibility index (Phi) is 3.71. The molecule has 1 aromatic carbocycles. The highest BCUT2D eigenvalue weighted by atomic mass is 16.5. The summed E-state index contributed by atoms with van der Waals surface area (Å²) in [6.07, 6.45) is 0. The Balaban J connectivity index is 1.86. The van der Waals surface area contributed by atoms with Gasteiger partial charge in [0.1, 0.15) is 11.8 Å². The van der Waals surface area contributed by atoms with Crippen LogP contribution < -0.4 is 10.6 Å². The van der Waals surface area contributed by atoms with E-state index in [4.69, 9.17) is 4.74 Å². The number of anilines is 1. The number of benzene rings is 1. The van der Waals surface area contributed by atoms with E-state index >= 15 is 0 Å². The highest BCUT2D eigenvalue weighted by Gasteiger charge is 2.73. The van der Waals surface area contributed by atoms with Crippen LogP contribution in [0.5, 0.6) is 0 Å². The van der Waals surface area contributed by atoms with Crippen LogP contribution in [0.15, 0.2) is 12.1 Å². The largest absolute Gasteiger partial charge is 0.383 e. The van der Waals surface area contributed by atoms with E-state index in [-0.39, 0.29) is 30.3 Å². The minimum atomic E-state index is -1.06. The minimum absolute atomic E-state index is 0.151. The molecular weight excluding hydrogens is 334 g/mol. The Bertz CT molecular complexity index is 836. The molecule has 0 saturated carbocycles. The summed E-state index contributed by atoms with van der Waals surface area (Å²) in [5.41, 5.74) is 2.55. The number of hydrogen-bond donors (Lipinski definition) is 2. The maximum absolute atomic E-state index is 13.2. The fourth-order valence-electron chi connectivity index (χ4n) is 5.06. The molecule has 7 nitrogen and oxygen atoms in total. The highest BCUT2D eigenvalue weighted by Crippen LogP contribution is 2.49. The van der Waals surface area contributed by atoms with Gasteiger partial charge in [0, 0.05) is 12.7 Å². The van der Waals surface area contributed by atoms with Crippen LogP contribution in [0, 0.1) is 25.7 Å². The topological polar surface area (TPSA) is 92.3 Å². The number of fused-ring (bicyclic) bond motifs is 4. The predicted molar refractivity (Wildman–Crippen MR) is 93.2 cm³/mol. The lowest BCUT2D eigenvalue weighted by molar-refractivity contribution is -0.730. The Morgan fingerprint density at radius 3 is 2.65 bits per heavy atom. The third kappa shape index (κ3) is 1.98. The van der Waals surface area contributed by atoms with Crippen molar-refractivity contribution in [1.82, 2.24) is 4.90 Å². The molecule has 138 valence electrons. The summed E-state index contributed by atoms with van der Waals surface area (Å²) in [6, 6.07) is 3.84. The molecule has 3 heterocycles. The molecule has 4 atom stereocenters. The molecule has 3 N–H and O–H groups in total. The summed E-state index contributed by atoms with van der Waals surface area (Å²) < 4.78 is 5.04. The summed E-state index contributed by atoms with van der Waals surface area (Å²) in [5, 5.41) is 4.90. The van der Waals surface area contributed by atoms with Crippen LogP contribution in [-0.4, -0.2) is 48.9 Å². The molecule has 2 saturated heterocycles. The van der Waals surface area contributed by atoms with E-state index in [0.717, 1.165) is 22.4 Å². The van der Waals surface area contributed by atoms with Gasteiger partial charge in [-0.25, -0.2) is 0 Å². The van der Waals surface area contributed by atoms with Crippen molar-refractivity contribution in [2.75, 3.05) is 25.6 Å². The second kappa shape index (κ2) is 5.62. The number of hydrogen-bond acceptors (Lipinski definition) is 4. The first-order valence-electron chi connectivity index (χ1n) is 8.96. The van der Waals surface area contributed by atoms with Crippen LogP contribution in [0.1, 0.15) is 23.6 Å². The maximum Gasteiger partial charge on any atom is 0.291 e. The predicted octanol–water partition coefficient (Wildman–Crippen LogP) is -0.336. The normalized spacial score (nSPS) is 32.4. The lowest BCUT2D eigenvalue weighted by atomic mass is 9.76. The number of carbonyl (C=O) groups is 3. The molecule has 4 rings (SSSR count). The first-order valence-corrected chi connectivity index (χ1v) is 8.96. The van der Waals surface area contributed by atoms with Gasteiger partial charge in [0.25, 0.3) is 5.91 Å². The molecule has 1 aromatic rings. The van der Waals surface area contributed by atoms with Crippen LogP contribution in [0.3, 0.4) is 0 Å². The van der Waals surface area contributed by atoms with E-state index in [1.54, 1.807) is 0 Å². The number of ether oxygens (including phenoxy) is 1. The molecule has 0 aromatic heterocycles. The van der Waals surface area contributed by atoms with Gasteiger partial charge in [-0.2, -0.15) is 0 Å². The molecule has 2 fully saturated rings. The molecule has 3 amide bonds. The number of imide groups is 1. The lowest BCUT2D eigenvalue weighted by Gasteiger charge is -2.26. The van der Waals surface area contributed by atoms with Gasteiger partial charge in [0.05, 0.1) is 24.9 Å². The van der Waals surface area contributed by atoms with Crippen LogP contribution >= 0.6 is 0 Å². The zero-order valence-electron chi connectivity index (χ0n) is 15.5. The van der Waals surface area contributed by atoms with E-state index in [0.29, 0.717) is 6.61 Å². The van der Waals surface area contributed by atoms with Crippen LogP contribution in [0.25, 0.3) is 0 Å². The SMILES string of the molecule is COCCN1C(=O)[C@H]2[C@@H](C1=O)[C@]1([NH2+][C@@H]2C)C(=O)Nc2c(C)cc(C)cc21. The van der Waals surface area contributed by atoms with Crippen molar-refractivity contribution < 1.29 is 24.4 Å². The third-order valence-corrected chi connectivity index (χ3v) is 6.08. The van der Waals surface area contributed by atoms with E-state index in [1.807, 2.05) is 38.2 Å². The van der Waals surface area contributed by atoms with Crippen LogP contribution in [0.2, 0.25) is 0 Å². The van der Waals surface area contributed by atoms with Gasteiger partial charge in [-0.05, 0) is 32.4 Å². The summed E-state index contributed by atoms with van der Waals surface area (Å²) in [4.78, 5) is 40.5. The van der Waals surface area contributed by atoms with Crippen molar-refractivity contribution >= 4 is 23.4 Å². The second-order valence-electron chi connectivity index (χ2n) is 7.68. The lowest BCUT2D eigenvalue weighted by Crippen LogP contribution is -2.98. The van der Waals surface area contributed by atoms with E-state index in [1.165, 1.54) is 12.0 Å². The summed E-state index contributed by atoms with van der Waals surface area (Å²) >= 11 is 0. The number of rotatable bonds is 3. The van der Waals surface area contributed by atoms with Crippen molar-refractivity contribution in [3.63, 3.8) is 0 Å². The number of aryl methyl sites for hydroxylation is 2. The highest BCUT2D eigenvalue weighted by molar-refractivity contribution is 6.14. The van der Waals surface area contributed by atoms with Crippen LogP contribution in [-0.2, 0) is 24.7 Å². The van der Waals surface area contributed by atoms with Crippen molar-refractivity contribution in [3.05, 3.63) is 28.8 Å². The fraction of sp³-hybridized carbons (Fsp3) is 0.526. The number of nitrogens with one attached hydrogen (secondary N) is 1. The molecule has 7 heteroatoms. The zero-order valence-corrected chi connectivity index (χ0v) is 15.5. The first kappa shape index (κ1) is 17.2. The molecule has 1 spiro atoms. The van der Waals surface area contributed by atoms with Gasteiger partial charge in [-0.15, -0.1) is 0 Å². The number of carbonyl (C=O) groups excluding carboxylic acids is 3. The van der Waals surface area contributed by atoms with E-state index < -0.39 is 17.4 Å². The van der Waals surface area contributed by atoms with Crippen molar-refractivity contribution in [2.45, 2.75) is 32.4 Å². The number of nitrogens with zero attached hydrogens (tertiary/aromatic N) is 1. The van der Waals surface area contributed by atoms with Gasteiger partial charge in [0.2, 0.25) is 17.4 Å². The Morgan fingerprint density at radius 1 is 1.23 bits per heavy atom. The zero-order chi connectivity index (χ0) is 18.8. The summed E-state index contributed by atoms with van der Waals surface area (Å²) in [6.45, 7) is 6.37. The molecule has 3 aliphatic rings. The maximum atomic E-state index is 13.2. The standard InChI is InChI=1S/C19H23N3O4/c1-9-7-10(2)15-12(8-9)19(18(25)20-15)14-13(11(3)21-19)16(23)22(17(14)24)5-6-26-4/h7-8,11,13-14,21H,5-6H2,1-4H3,(H,20,25)/p+1/t11-,13-,14+,19+/m1/s1. The Hall–Kier alpha value is -2.25. The van der Waals surface area contributed by atoms with E-state index in [2.05, 4.69) is 5.32 Å². The fourth-order valence-corrected chi connectivity index (χ4v) is 5.06. The molecule has 0 unspecified atom stereocenters. The second-order valence-corrected chi connectivity index (χ2v) is 7.68. The third-order valence-electron chi connectivity index (χ3n) is 6.08. The average Bonchev–Trinajstić information content (AvgIpc) is 3.13. The van der Waals surface area contributed by atoms with Gasteiger partial charge in [-0.3, -0.25) is 19.3 Å². The van der Waals surface area contributed by atoms with Gasteiger partial charge >= 0.3 is 0 Å². The Morgan fingerprint density at radius 2 is 1.96 bits per heavy atom. The summed E-state index contributed by atoms with van der Waals surface area (Å²) in [5.74, 6) is -1.82. The molecule has 26 heavy (non-hydrogen) atoms. The van der Waals surface area contributed by atoms with Crippen molar-refractivity contribution in [3.8, 4) is 0 Å². The van der Waals surface area contributed by atoms with E-state index in [9.17, 15) is 14.4 Å². The average molecular weight is 358 g/mol. The van der Waals surface area contributed by atoms with Crippen molar-refractivity contribution in [2.24, 2.45) is 11.8 Å². The van der Waals surface area contributed by atoms with Crippen molar-refractivity contribution in [1.29, 1.82) is 0 Å². The minimum Gasteiger partial charge on any atom is -0.383 e. The molecular formula is C19H24N3O4+.